The fraction of sp³-hybridized carbons (Fsp3) is 0.316. The molecule has 1 aliphatic carbocycles. The van der Waals surface area contributed by atoms with Gasteiger partial charge in [-0.25, -0.2) is 4.98 Å². The Morgan fingerprint density at radius 3 is 3.00 bits per heavy atom. The van der Waals surface area contributed by atoms with Crippen molar-refractivity contribution in [3.8, 4) is 5.75 Å². The summed E-state index contributed by atoms with van der Waals surface area (Å²) < 4.78 is 8.26. The Balaban J connectivity index is 1.74. The summed E-state index contributed by atoms with van der Waals surface area (Å²) in [6.07, 6.45) is 5.27. The smallest absolute Gasteiger partial charge is 0.180 e. The van der Waals surface area contributed by atoms with Crippen LogP contribution in [0, 0.1) is 6.92 Å². The second-order valence-electron chi connectivity index (χ2n) is 6.07. The number of fused-ring (bicyclic) bond motifs is 2. The molecule has 23 heavy (non-hydrogen) atoms. The molecule has 0 bridgehead atoms. The summed E-state index contributed by atoms with van der Waals surface area (Å²) in [5.74, 6) is 0.775. The van der Waals surface area contributed by atoms with Gasteiger partial charge < -0.3 is 9.84 Å². The molecular formula is C19H20N2O2. The third kappa shape index (κ3) is 2.39. The quantitative estimate of drug-likeness (QED) is 0.804. The fourth-order valence-corrected chi connectivity index (χ4v) is 3.47. The number of aryl methyl sites for hydroxylation is 2. The minimum absolute atomic E-state index is 0.0251. The van der Waals surface area contributed by atoms with Crippen molar-refractivity contribution in [1.82, 2.24) is 9.38 Å². The van der Waals surface area contributed by atoms with Gasteiger partial charge in [-0.1, -0.05) is 24.3 Å². The van der Waals surface area contributed by atoms with Gasteiger partial charge in [0.2, 0.25) is 0 Å². The number of pyridine rings is 1. The third-order valence-corrected chi connectivity index (χ3v) is 4.65. The van der Waals surface area contributed by atoms with E-state index in [0.29, 0.717) is 0 Å². The van der Waals surface area contributed by atoms with Crippen molar-refractivity contribution >= 4 is 5.65 Å². The first kappa shape index (κ1) is 14.3. The number of ether oxygens (including phenoxy) is 1. The molecule has 0 radical (unpaired) electrons. The number of aliphatic hydroxyl groups excluding tert-OH is 1. The van der Waals surface area contributed by atoms with E-state index in [1.54, 1.807) is 0 Å². The van der Waals surface area contributed by atoms with Gasteiger partial charge in [0.25, 0.3) is 0 Å². The van der Waals surface area contributed by atoms with Crippen LogP contribution >= 0.6 is 0 Å². The molecule has 4 nitrogen and oxygen atoms in total. The van der Waals surface area contributed by atoms with E-state index in [2.05, 4.69) is 29.2 Å². The molecule has 1 unspecified atom stereocenters. The minimum Gasteiger partial charge on any atom is -0.482 e. The number of aromatic nitrogens is 2. The van der Waals surface area contributed by atoms with E-state index in [0.717, 1.165) is 42.0 Å². The lowest BCUT2D eigenvalue weighted by Crippen LogP contribution is -2.15. The van der Waals surface area contributed by atoms with Crippen molar-refractivity contribution in [2.75, 3.05) is 0 Å². The van der Waals surface area contributed by atoms with Crippen molar-refractivity contribution in [1.29, 1.82) is 0 Å². The van der Waals surface area contributed by atoms with Crippen LogP contribution in [0.25, 0.3) is 5.65 Å². The minimum atomic E-state index is -0.0251. The maximum absolute atomic E-state index is 9.55. The van der Waals surface area contributed by atoms with Crippen molar-refractivity contribution in [2.24, 2.45) is 0 Å². The summed E-state index contributed by atoms with van der Waals surface area (Å²) in [4.78, 5) is 4.58. The van der Waals surface area contributed by atoms with Crippen LogP contribution in [0.1, 0.15) is 41.5 Å². The Morgan fingerprint density at radius 1 is 1.26 bits per heavy atom. The average Bonchev–Trinajstić information content (AvgIpc) is 2.91. The summed E-state index contributed by atoms with van der Waals surface area (Å²) in [7, 11) is 0. The van der Waals surface area contributed by atoms with E-state index in [1.807, 2.05) is 29.7 Å². The molecular weight excluding hydrogens is 288 g/mol. The number of nitrogens with zero attached hydrogens (tertiary/aromatic N) is 2. The van der Waals surface area contributed by atoms with Crippen molar-refractivity contribution in [2.45, 2.75) is 38.9 Å². The standard InChI is InChI=1S/C19H20N2O2/c1-13-16(12-22)21-11-5-10-18(19(21)20-13)23-17-9-4-7-14-6-2-3-8-15(14)17/h2-3,5-6,8,10-11,17,22H,4,7,9,12H2,1H3. The predicted molar refractivity (Wildman–Crippen MR) is 88.6 cm³/mol. The Morgan fingerprint density at radius 2 is 2.13 bits per heavy atom. The zero-order chi connectivity index (χ0) is 15.8. The molecule has 1 aromatic carbocycles. The molecule has 1 atom stereocenters. The summed E-state index contributed by atoms with van der Waals surface area (Å²) in [5.41, 5.74) is 5.09. The van der Waals surface area contributed by atoms with Crippen LogP contribution in [-0.2, 0) is 13.0 Å². The summed E-state index contributed by atoms with van der Waals surface area (Å²) in [6, 6.07) is 12.4. The molecule has 0 spiro atoms. The van der Waals surface area contributed by atoms with Crippen LogP contribution in [0.5, 0.6) is 5.75 Å². The maximum atomic E-state index is 9.55. The van der Waals surface area contributed by atoms with Gasteiger partial charge in [-0.3, -0.25) is 4.40 Å². The highest BCUT2D eigenvalue weighted by Crippen LogP contribution is 2.35. The molecule has 4 rings (SSSR count). The van der Waals surface area contributed by atoms with E-state index in [-0.39, 0.29) is 12.7 Å². The van der Waals surface area contributed by atoms with E-state index in [9.17, 15) is 5.11 Å². The van der Waals surface area contributed by atoms with E-state index >= 15 is 0 Å². The highest BCUT2D eigenvalue weighted by Gasteiger charge is 2.22. The maximum Gasteiger partial charge on any atom is 0.180 e. The van der Waals surface area contributed by atoms with Gasteiger partial charge in [-0.15, -0.1) is 0 Å². The second kappa shape index (κ2) is 5.70. The number of hydrogen-bond acceptors (Lipinski definition) is 3. The van der Waals surface area contributed by atoms with Crippen molar-refractivity contribution < 1.29 is 9.84 Å². The van der Waals surface area contributed by atoms with Gasteiger partial charge in [-0.05, 0) is 49.4 Å². The molecule has 0 saturated heterocycles. The van der Waals surface area contributed by atoms with Gasteiger partial charge in [0.1, 0.15) is 6.10 Å². The Labute approximate surface area is 135 Å². The number of hydrogen-bond donors (Lipinski definition) is 1. The summed E-state index contributed by atoms with van der Waals surface area (Å²) in [6.45, 7) is 1.89. The van der Waals surface area contributed by atoms with Crippen molar-refractivity contribution in [3.63, 3.8) is 0 Å². The SMILES string of the molecule is Cc1nc2c(OC3CCCc4ccccc43)cccn2c1CO. The lowest BCUT2D eigenvalue weighted by Gasteiger charge is -2.26. The van der Waals surface area contributed by atoms with E-state index < -0.39 is 0 Å². The second-order valence-corrected chi connectivity index (χ2v) is 6.07. The first-order chi connectivity index (χ1) is 11.3. The molecule has 4 heteroatoms. The van der Waals surface area contributed by atoms with Crippen molar-refractivity contribution in [3.05, 3.63) is 65.1 Å². The third-order valence-electron chi connectivity index (χ3n) is 4.65. The van der Waals surface area contributed by atoms with Gasteiger partial charge in [0.15, 0.2) is 11.4 Å². The Kier molecular flexibility index (Phi) is 3.54. The van der Waals surface area contributed by atoms with Crippen LogP contribution in [0.4, 0.5) is 0 Å². The molecule has 0 fully saturated rings. The van der Waals surface area contributed by atoms with Gasteiger partial charge >= 0.3 is 0 Å². The first-order valence-electron chi connectivity index (χ1n) is 8.10. The number of imidazole rings is 1. The zero-order valence-electron chi connectivity index (χ0n) is 13.2. The monoisotopic (exact) mass is 308 g/mol. The predicted octanol–water partition coefficient (Wildman–Crippen LogP) is 3.59. The highest BCUT2D eigenvalue weighted by atomic mass is 16.5. The molecule has 118 valence electrons. The molecule has 0 aliphatic heterocycles. The van der Waals surface area contributed by atoms with E-state index in [4.69, 9.17) is 4.74 Å². The lowest BCUT2D eigenvalue weighted by molar-refractivity contribution is 0.185. The molecule has 0 saturated carbocycles. The van der Waals surface area contributed by atoms with Gasteiger partial charge in [-0.2, -0.15) is 0 Å². The lowest BCUT2D eigenvalue weighted by atomic mass is 9.89. The summed E-state index contributed by atoms with van der Waals surface area (Å²) >= 11 is 0. The number of rotatable bonds is 3. The first-order valence-corrected chi connectivity index (χ1v) is 8.10. The Bertz CT molecular complexity index is 854. The topological polar surface area (TPSA) is 46.8 Å². The summed E-state index contributed by atoms with van der Waals surface area (Å²) in [5, 5.41) is 9.55. The normalized spacial score (nSPS) is 17.2. The van der Waals surface area contributed by atoms with Crippen LogP contribution < -0.4 is 4.74 Å². The number of benzene rings is 1. The van der Waals surface area contributed by atoms with Gasteiger partial charge in [0.05, 0.1) is 18.0 Å². The average molecular weight is 308 g/mol. The largest absolute Gasteiger partial charge is 0.482 e. The Hall–Kier alpha value is -2.33. The molecule has 3 aromatic rings. The zero-order valence-corrected chi connectivity index (χ0v) is 13.2. The molecule has 1 N–H and O–H groups in total. The molecule has 2 aromatic heterocycles. The number of aliphatic hydroxyl groups is 1. The molecule has 2 heterocycles. The van der Waals surface area contributed by atoms with Crippen LogP contribution in [0.15, 0.2) is 42.6 Å². The van der Waals surface area contributed by atoms with Crippen LogP contribution in [0.3, 0.4) is 0 Å². The molecule has 0 amide bonds. The fourth-order valence-electron chi connectivity index (χ4n) is 3.47. The van der Waals surface area contributed by atoms with Gasteiger partial charge in [0, 0.05) is 6.20 Å². The van der Waals surface area contributed by atoms with Crippen LogP contribution in [-0.4, -0.2) is 14.5 Å². The van der Waals surface area contributed by atoms with E-state index in [1.165, 1.54) is 11.1 Å². The highest BCUT2D eigenvalue weighted by molar-refractivity contribution is 5.56. The van der Waals surface area contributed by atoms with Crippen LogP contribution in [0.2, 0.25) is 0 Å². The molecule has 1 aliphatic rings.